The lowest BCUT2D eigenvalue weighted by Crippen LogP contribution is -2.02. The second kappa shape index (κ2) is 8.49. The summed E-state index contributed by atoms with van der Waals surface area (Å²) in [4.78, 5) is 0. The third kappa shape index (κ3) is 5.82. The van der Waals surface area contributed by atoms with Gasteiger partial charge in [0, 0.05) is 4.57 Å². The van der Waals surface area contributed by atoms with Crippen molar-refractivity contribution < 1.29 is 23.1 Å². The quantitative estimate of drug-likeness (QED) is 0.534. The fraction of sp³-hybridized carbons (Fsp3) is 0.250. The summed E-state index contributed by atoms with van der Waals surface area (Å²) in [7, 11) is -2.29. The molecule has 0 aromatic heterocycles. The van der Waals surface area contributed by atoms with Crippen LogP contribution in [0.15, 0.2) is 48.5 Å². The molecule has 2 rings (SSSR count). The molecule has 0 N–H and O–H groups in total. The van der Waals surface area contributed by atoms with Crippen molar-refractivity contribution in [2.75, 3.05) is 13.6 Å². The molecule has 0 saturated carbocycles. The number of hydrogen-bond acceptors (Lipinski definition) is 5. The van der Waals surface area contributed by atoms with Crippen LogP contribution in [0.4, 0.5) is 0 Å². The summed E-state index contributed by atoms with van der Waals surface area (Å²) in [6, 6.07) is 15.0. The highest BCUT2D eigenvalue weighted by Gasteiger charge is 2.21. The molecule has 0 amide bonds. The third-order valence-electron chi connectivity index (χ3n) is 2.75. The highest BCUT2D eigenvalue weighted by atomic mass is 31.1. The average Bonchev–Trinajstić information content (AvgIpc) is 2.47. The molecule has 116 valence electrons. The second-order valence-electron chi connectivity index (χ2n) is 4.64. The van der Waals surface area contributed by atoms with Crippen molar-refractivity contribution in [1.29, 1.82) is 0 Å². The molecule has 0 heterocycles. The highest BCUT2D eigenvalue weighted by Crippen LogP contribution is 2.24. The largest absolute Gasteiger partial charge is 0.704 e. The first-order valence-corrected chi connectivity index (χ1v) is 7.85. The normalized spacial score (nSPS) is 10.3. The van der Waals surface area contributed by atoms with Gasteiger partial charge in [-0.2, -0.15) is 0 Å². The Morgan fingerprint density at radius 2 is 1.27 bits per heavy atom. The van der Waals surface area contributed by atoms with Crippen LogP contribution in [0.3, 0.4) is 0 Å². The van der Waals surface area contributed by atoms with Gasteiger partial charge in [-0.3, -0.25) is 0 Å². The maximum atomic E-state index is 11.5. The van der Waals surface area contributed by atoms with E-state index in [-0.39, 0.29) is 13.6 Å². The number of hydrogen-bond donors (Lipinski definition) is 0. The molecular weight excluding hydrogens is 303 g/mol. The fourth-order valence-corrected chi connectivity index (χ4v) is 2.07. The minimum absolute atomic E-state index is 0.150. The van der Waals surface area contributed by atoms with Crippen LogP contribution in [0.1, 0.15) is 11.1 Å². The molecular formula is C16H18O5P+. The van der Waals surface area contributed by atoms with Crippen molar-refractivity contribution in [3.63, 3.8) is 0 Å². The third-order valence-corrected chi connectivity index (χ3v) is 3.38. The van der Waals surface area contributed by atoms with Crippen molar-refractivity contribution in [2.45, 2.75) is 13.8 Å². The van der Waals surface area contributed by atoms with E-state index in [4.69, 9.17) is 18.5 Å². The zero-order valence-corrected chi connectivity index (χ0v) is 13.4. The summed E-state index contributed by atoms with van der Waals surface area (Å²) in [5.41, 5.74) is 2.15. The summed E-state index contributed by atoms with van der Waals surface area (Å²) in [6.07, 6.45) is 0. The maximum absolute atomic E-state index is 11.5. The van der Waals surface area contributed by atoms with Crippen molar-refractivity contribution in [3.05, 3.63) is 59.7 Å². The first kappa shape index (κ1) is 16.4. The van der Waals surface area contributed by atoms with Gasteiger partial charge in [-0.15, -0.1) is 0 Å². The first-order valence-electron chi connectivity index (χ1n) is 6.75. The number of ether oxygens (including phenoxy) is 2. The van der Waals surface area contributed by atoms with E-state index in [1.54, 1.807) is 12.1 Å². The van der Waals surface area contributed by atoms with Gasteiger partial charge in [-0.05, 0) is 49.2 Å². The van der Waals surface area contributed by atoms with Crippen LogP contribution in [-0.2, 0) is 13.6 Å². The van der Waals surface area contributed by atoms with Crippen LogP contribution in [0.5, 0.6) is 11.5 Å². The van der Waals surface area contributed by atoms with E-state index in [0.29, 0.717) is 11.5 Å². The van der Waals surface area contributed by atoms with E-state index in [0.717, 1.165) is 11.1 Å². The second-order valence-corrected chi connectivity index (χ2v) is 5.60. The van der Waals surface area contributed by atoms with Crippen LogP contribution >= 0.6 is 8.25 Å². The molecule has 0 radical (unpaired) electrons. The Balaban J connectivity index is 1.64. The Morgan fingerprint density at radius 3 is 1.68 bits per heavy atom. The van der Waals surface area contributed by atoms with Gasteiger partial charge < -0.3 is 9.47 Å². The molecule has 5 nitrogen and oxygen atoms in total. The van der Waals surface area contributed by atoms with E-state index < -0.39 is 8.25 Å². The van der Waals surface area contributed by atoms with Gasteiger partial charge in [0.1, 0.15) is 11.5 Å². The van der Waals surface area contributed by atoms with Crippen LogP contribution < -0.4 is 9.47 Å². The zero-order valence-electron chi connectivity index (χ0n) is 12.5. The Hall–Kier alpha value is -1.94. The molecule has 0 atom stereocenters. The van der Waals surface area contributed by atoms with Gasteiger partial charge in [0.2, 0.25) is 13.6 Å². The fourth-order valence-electron chi connectivity index (χ4n) is 1.72. The van der Waals surface area contributed by atoms with Gasteiger partial charge in [0.05, 0.1) is 0 Å². The zero-order chi connectivity index (χ0) is 15.8. The molecule has 22 heavy (non-hydrogen) atoms. The van der Waals surface area contributed by atoms with Crippen molar-refractivity contribution in [3.8, 4) is 11.5 Å². The molecule has 0 saturated heterocycles. The molecule has 0 aliphatic rings. The minimum atomic E-state index is -2.29. The Kier molecular flexibility index (Phi) is 6.34. The van der Waals surface area contributed by atoms with Gasteiger partial charge in [-0.25, -0.2) is 0 Å². The summed E-state index contributed by atoms with van der Waals surface area (Å²) in [5, 5.41) is 0. The van der Waals surface area contributed by atoms with Crippen molar-refractivity contribution in [1.82, 2.24) is 0 Å². The number of benzene rings is 2. The van der Waals surface area contributed by atoms with Gasteiger partial charge in [0.25, 0.3) is 0 Å². The lowest BCUT2D eigenvalue weighted by Gasteiger charge is -2.03. The smallest absolute Gasteiger partial charge is 0.463 e. The van der Waals surface area contributed by atoms with Gasteiger partial charge >= 0.3 is 8.25 Å². The van der Waals surface area contributed by atoms with Gasteiger partial charge in [-0.1, -0.05) is 33.3 Å². The summed E-state index contributed by atoms with van der Waals surface area (Å²) in [5.74, 6) is 1.30. The van der Waals surface area contributed by atoms with Crippen molar-refractivity contribution in [2.24, 2.45) is 0 Å². The molecule has 2 aromatic carbocycles. The molecule has 0 fully saturated rings. The summed E-state index contributed by atoms with van der Waals surface area (Å²) < 4.78 is 32.0. The monoisotopic (exact) mass is 321 g/mol. The lowest BCUT2D eigenvalue weighted by molar-refractivity contribution is 0.0696. The molecule has 0 aliphatic heterocycles. The van der Waals surface area contributed by atoms with E-state index in [9.17, 15) is 4.57 Å². The predicted octanol–water partition coefficient (Wildman–Crippen LogP) is 4.37. The van der Waals surface area contributed by atoms with Gasteiger partial charge in [0.15, 0.2) is 0 Å². The Morgan fingerprint density at radius 1 is 0.818 bits per heavy atom. The summed E-state index contributed by atoms with van der Waals surface area (Å²) >= 11 is 0. The Labute approximate surface area is 130 Å². The minimum Gasteiger partial charge on any atom is -0.463 e. The predicted molar refractivity (Wildman–Crippen MR) is 83.1 cm³/mol. The topological polar surface area (TPSA) is 54.0 Å². The molecule has 6 heteroatoms. The van der Waals surface area contributed by atoms with Crippen LogP contribution in [0, 0.1) is 13.8 Å². The summed E-state index contributed by atoms with van der Waals surface area (Å²) in [6.45, 7) is 3.62. The van der Waals surface area contributed by atoms with Crippen LogP contribution in [0.2, 0.25) is 0 Å². The van der Waals surface area contributed by atoms with E-state index in [2.05, 4.69) is 0 Å². The maximum Gasteiger partial charge on any atom is 0.704 e. The SMILES string of the molecule is Cc1cccc(OCO[P+](=O)OCOc2cccc(C)c2)c1. The molecule has 0 aliphatic carbocycles. The number of aryl methyl sites for hydroxylation is 2. The van der Waals surface area contributed by atoms with E-state index in [1.807, 2.05) is 50.2 Å². The highest BCUT2D eigenvalue weighted by molar-refractivity contribution is 7.33. The molecule has 0 spiro atoms. The van der Waals surface area contributed by atoms with Crippen LogP contribution in [-0.4, -0.2) is 13.6 Å². The lowest BCUT2D eigenvalue weighted by atomic mass is 10.2. The molecule has 0 bridgehead atoms. The average molecular weight is 321 g/mol. The molecule has 2 aromatic rings. The van der Waals surface area contributed by atoms with E-state index >= 15 is 0 Å². The first-order chi connectivity index (χ1) is 10.6. The van der Waals surface area contributed by atoms with E-state index in [1.165, 1.54) is 0 Å². The Bertz CT molecular complexity index is 576. The standard InChI is InChI=1S/C16H18O5P/c1-13-5-3-7-15(9-13)18-11-20-22(17)21-12-19-16-8-4-6-14(2)10-16/h3-10H,11-12H2,1-2H3/q+1. The number of rotatable bonds is 8. The van der Waals surface area contributed by atoms with Crippen LogP contribution in [0.25, 0.3) is 0 Å². The molecule has 0 unspecified atom stereocenters. The van der Waals surface area contributed by atoms with Crippen molar-refractivity contribution >= 4 is 8.25 Å².